The first-order chi connectivity index (χ1) is 5.90. The van der Waals surface area contributed by atoms with Gasteiger partial charge in [0.2, 0.25) is 11.8 Å². The van der Waals surface area contributed by atoms with Gasteiger partial charge in [0.1, 0.15) is 0 Å². The third-order valence-electron chi connectivity index (χ3n) is 1.67. The average molecular weight is 209 g/mol. The minimum Gasteiger partial charge on any atom is -0.282 e. The molecule has 1 saturated heterocycles. The van der Waals surface area contributed by atoms with E-state index in [1.807, 2.05) is 0 Å². The van der Waals surface area contributed by atoms with Crippen molar-refractivity contribution in [3.8, 4) is 0 Å². The lowest BCUT2D eigenvalue weighted by molar-refractivity contribution is -0.140. The van der Waals surface area contributed by atoms with E-state index in [9.17, 15) is 21.9 Å². The number of likely N-dealkylation sites (tertiary alicyclic amines) is 1. The molecule has 1 fully saturated rings. The van der Waals surface area contributed by atoms with Crippen molar-refractivity contribution >= 4 is 22.0 Å². The SMILES string of the molecule is O=C1CCCN1C(=O)CS(=O)(=O)F. The fourth-order valence-corrected chi connectivity index (χ4v) is 1.59. The number of hydrogen-bond acceptors (Lipinski definition) is 4. The highest BCUT2D eigenvalue weighted by Gasteiger charge is 2.29. The number of carbonyl (C=O) groups excluding carboxylic acids is 2. The zero-order valence-corrected chi connectivity index (χ0v) is 7.51. The predicted octanol–water partition coefficient (Wildman–Crippen LogP) is -0.565. The summed E-state index contributed by atoms with van der Waals surface area (Å²) < 4.78 is 32.2. The predicted molar refractivity (Wildman–Crippen MR) is 40.8 cm³/mol. The van der Waals surface area contributed by atoms with E-state index in [1.54, 1.807) is 0 Å². The van der Waals surface area contributed by atoms with Crippen LogP contribution in [0.4, 0.5) is 3.89 Å². The third-order valence-corrected chi connectivity index (χ3v) is 2.26. The number of carbonyl (C=O) groups is 2. The van der Waals surface area contributed by atoms with Gasteiger partial charge in [0.05, 0.1) is 0 Å². The quantitative estimate of drug-likeness (QED) is 0.571. The summed E-state index contributed by atoms with van der Waals surface area (Å²) in [6, 6.07) is 0. The van der Waals surface area contributed by atoms with Crippen LogP contribution in [0.15, 0.2) is 0 Å². The molecule has 0 aliphatic carbocycles. The lowest BCUT2D eigenvalue weighted by atomic mass is 10.4. The van der Waals surface area contributed by atoms with E-state index in [0.717, 1.165) is 4.90 Å². The van der Waals surface area contributed by atoms with Crippen molar-refractivity contribution in [2.24, 2.45) is 0 Å². The largest absolute Gasteiger partial charge is 0.311 e. The van der Waals surface area contributed by atoms with Gasteiger partial charge in [-0.1, -0.05) is 0 Å². The van der Waals surface area contributed by atoms with Gasteiger partial charge in [-0.15, -0.1) is 3.89 Å². The van der Waals surface area contributed by atoms with Crippen LogP contribution in [-0.4, -0.2) is 37.4 Å². The molecule has 0 saturated carbocycles. The van der Waals surface area contributed by atoms with Gasteiger partial charge >= 0.3 is 10.2 Å². The zero-order chi connectivity index (χ0) is 10.1. The minimum atomic E-state index is -4.83. The van der Waals surface area contributed by atoms with Gasteiger partial charge in [0.15, 0.2) is 5.75 Å². The van der Waals surface area contributed by atoms with E-state index < -0.39 is 27.8 Å². The molecule has 1 aliphatic rings. The highest BCUT2D eigenvalue weighted by Crippen LogP contribution is 2.10. The molecule has 0 radical (unpaired) electrons. The van der Waals surface area contributed by atoms with E-state index in [4.69, 9.17) is 0 Å². The smallest absolute Gasteiger partial charge is 0.282 e. The number of halogens is 1. The molecule has 0 spiro atoms. The molecule has 2 amide bonds. The van der Waals surface area contributed by atoms with Gasteiger partial charge in [-0.3, -0.25) is 14.5 Å². The van der Waals surface area contributed by atoms with Crippen LogP contribution in [0.1, 0.15) is 12.8 Å². The fraction of sp³-hybridized carbons (Fsp3) is 0.667. The normalized spacial score (nSPS) is 17.9. The Morgan fingerprint density at radius 3 is 2.54 bits per heavy atom. The number of nitrogens with zero attached hydrogens (tertiary/aromatic N) is 1. The van der Waals surface area contributed by atoms with Gasteiger partial charge in [0, 0.05) is 13.0 Å². The summed E-state index contributed by atoms with van der Waals surface area (Å²) in [6.07, 6.45) is 0.731. The maximum Gasteiger partial charge on any atom is 0.311 e. The summed E-state index contributed by atoms with van der Waals surface area (Å²) in [5.41, 5.74) is 0. The zero-order valence-electron chi connectivity index (χ0n) is 6.69. The van der Waals surface area contributed by atoms with E-state index in [0.29, 0.717) is 6.42 Å². The van der Waals surface area contributed by atoms with E-state index in [2.05, 4.69) is 0 Å². The molecule has 0 atom stereocenters. The maximum absolute atomic E-state index is 12.0. The molecule has 1 rings (SSSR count). The van der Waals surface area contributed by atoms with Crippen LogP contribution >= 0.6 is 0 Å². The Morgan fingerprint density at radius 1 is 1.54 bits per heavy atom. The second-order valence-corrected chi connectivity index (χ2v) is 4.09. The second-order valence-electron chi connectivity index (χ2n) is 2.73. The van der Waals surface area contributed by atoms with Crippen molar-refractivity contribution in [2.45, 2.75) is 12.8 Å². The highest BCUT2D eigenvalue weighted by molar-refractivity contribution is 7.87. The Morgan fingerprint density at radius 2 is 2.15 bits per heavy atom. The van der Waals surface area contributed by atoms with Crippen LogP contribution in [0.2, 0.25) is 0 Å². The van der Waals surface area contributed by atoms with E-state index >= 15 is 0 Å². The summed E-state index contributed by atoms with van der Waals surface area (Å²) in [5.74, 6) is -2.66. The number of imide groups is 1. The lowest BCUT2D eigenvalue weighted by Gasteiger charge is -2.10. The van der Waals surface area contributed by atoms with Crippen LogP contribution in [0.5, 0.6) is 0 Å². The summed E-state index contributed by atoms with van der Waals surface area (Å²) in [6.45, 7) is 0.188. The fourth-order valence-electron chi connectivity index (χ4n) is 1.14. The van der Waals surface area contributed by atoms with Crippen molar-refractivity contribution in [2.75, 3.05) is 12.3 Å². The summed E-state index contributed by atoms with van der Waals surface area (Å²) in [7, 11) is -4.83. The van der Waals surface area contributed by atoms with Gasteiger partial charge in [-0.25, -0.2) is 0 Å². The Balaban J connectivity index is 2.63. The molecule has 13 heavy (non-hydrogen) atoms. The first-order valence-electron chi connectivity index (χ1n) is 3.66. The summed E-state index contributed by atoms with van der Waals surface area (Å²) in [4.78, 5) is 22.6. The summed E-state index contributed by atoms with van der Waals surface area (Å²) >= 11 is 0. The molecule has 5 nitrogen and oxygen atoms in total. The molecule has 0 aromatic carbocycles. The van der Waals surface area contributed by atoms with Gasteiger partial charge in [0.25, 0.3) is 0 Å². The lowest BCUT2D eigenvalue weighted by Crippen LogP contribution is -2.35. The van der Waals surface area contributed by atoms with Gasteiger partial charge in [-0.2, -0.15) is 8.42 Å². The van der Waals surface area contributed by atoms with E-state index in [-0.39, 0.29) is 13.0 Å². The highest BCUT2D eigenvalue weighted by atomic mass is 32.3. The average Bonchev–Trinajstić information content (AvgIpc) is 2.30. The molecular formula is C6H8FNO4S. The van der Waals surface area contributed by atoms with Crippen LogP contribution in [-0.2, 0) is 19.8 Å². The van der Waals surface area contributed by atoms with Crippen LogP contribution in [0.3, 0.4) is 0 Å². The molecule has 0 aromatic rings. The molecule has 0 bridgehead atoms. The maximum atomic E-state index is 12.0. The van der Waals surface area contributed by atoms with E-state index in [1.165, 1.54) is 0 Å². The number of amides is 2. The molecule has 1 aliphatic heterocycles. The Kier molecular flexibility index (Phi) is 2.65. The first-order valence-corrected chi connectivity index (χ1v) is 5.21. The molecule has 1 heterocycles. The van der Waals surface area contributed by atoms with Crippen LogP contribution in [0, 0.1) is 0 Å². The Labute approximate surface area is 74.7 Å². The Bertz CT molecular complexity index is 337. The summed E-state index contributed by atoms with van der Waals surface area (Å²) in [5, 5.41) is 0. The van der Waals surface area contributed by atoms with Gasteiger partial charge in [-0.05, 0) is 6.42 Å². The van der Waals surface area contributed by atoms with Crippen LogP contribution in [0.25, 0.3) is 0 Å². The number of rotatable bonds is 2. The van der Waals surface area contributed by atoms with Crippen molar-refractivity contribution in [3.05, 3.63) is 0 Å². The Hall–Kier alpha value is -0.980. The topological polar surface area (TPSA) is 71.5 Å². The second kappa shape index (κ2) is 3.41. The molecule has 0 unspecified atom stereocenters. The monoisotopic (exact) mass is 209 g/mol. The minimum absolute atomic E-state index is 0.188. The molecule has 0 N–H and O–H groups in total. The van der Waals surface area contributed by atoms with Crippen molar-refractivity contribution in [1.29, 1.82) is 0 Å². The van der Waals surface area contributed by atoms with Crippen LogP contribution < -0.4 is 0 Å². The van der Waals surface area contributed by atoms with Gasteiger partial charge < -0.3 is 0 Å². The molecule has 0 aromatic heterocycles. The van der Waals surface area contributed by atoms with Crippen molar-refractivity contribution < 1.29 is 21.9 Å². The number of hydrogen-bond donors (Lipinski definition) is 0. The van der Waals surface area contributed by atoms with Crippen molar-refractivity contribution in [1.82, 2.24) is 4.90 Å². The standard InChI is InChI=1S/C6H8FNO4S/c7-13(11,12)4-6(10)8-3-1-2-5(8)9/h1-4H2. The first kappa shape index (κ1) is 10.1. The van der Waals surface area contributed by atoms with Crippen molar-refractivity contribution in [3.63, 3.8) is 0 Å². The molecular weight excluding hydrogens is 201 g/mol. The molecule has 7 heteroatoms. The third kappa shape index (κ3) is 2.76. The molecule has 74 valence electrons.